The van der Waals surface area contributed by atoms with Crippen molar-refractivity contribution in [1.29, 1.82) is 0 Å². The first-order chi connectivity index (χ1) is 67.6. The minimum atomic E-state index is -2.71. The number of carbonyl (C=O) groups excluding carboxylic acids is 7. The van der Waals surface area contributed by atoms with Crippen LogP contribution in [0.3, 0.4) is 0 Å². The molecule has 1 unspecified atom stereocenters. The van der Waals surface area contributed by atoms with Gasteiger partial charge >= 0.3 is 0 Å². The van der Waals surface area contributed by atoms with Gasteiger partial charge in [0.15, 0.2) is 69.2 Å². The predicted molar refractivity (Wildman–Crippen MR) is 444 cm³/mol. The number of hydrogen-bond acceptors (Lipinski definition) is 56. The van der Waals surface area contributed by atoms with Gasteiger partial charge in [0.05, 0.1) is 72.7 Å². The highest BCUT2D eigenvalue weighted by molar-refractivity contribution is 5.75. The Labute approximate surface area is 810 Å². The molecule has 35 N–H and O–H groups in total. The van der Waals surface area contributed by atoms with Crippen LogP contribution in [0.4, 0.5) is 0 Å². The molecule has 0 bridgehead atoms. The van der Waals surface area contributed by atoms with Gasteiger partial charge in [0.2, 0.25) is 41.4 Å². The Morgan fingerprint density at radius 3 is 0.734 bits per heavy atom. The smallest absolute Gasteiger partial charge is 0.217 e. The summed E-state index contributed by atoms with van der Waals surface area (Å²) in [6.07, 6.45) is -103. The van der Waals surface area contributed by atoms with Crippen molar-refractivity contribution in [2.75, 3.05) is 72.7 Å². The van der Waals surface area contributed by atoms with E-state index >= 15 is 0 Å². The fraction of sp³-hybridized carbons (Fsp3) is 0.912. The molecule has 143 heavy (non-hydrogen) atoms. The van der Waals surface area contributed by atoms with E-state index in [1.807, 2.05) is 0 Å². The Balaban J connectivity index is 0.972. The van der Waals surface area contributed by atoms with Crippen LogP contribution < -0.4 is 37.2 Å². The first-order valence-electron chi connectivity index (χ1n) is 45.6. The standard InChI is InChI=1S/C80H133N7O56/c1-19(97)81-37-52(112)62(30(12-92)125-70(37)122)136-74-41(85-23(5)101)55(115)66(34(16-96)131-74)140-78-61(121)67(141-80-69(58(118)47(107)29(11-91)129-80)143-76-42(86-24(6)102)54(114)64(32(14-94)132-76)138-73-39(83-21(3)99)51(111)45(105)27(9-89)127-73)49(109)36(134-78)18-124-79-68(142-75-43(87-25(7)103)56(116)65(33(15-95)133-75)139-77-60(120)57(117)46(106)28(10-90)128-77)59(119)48(108)35(135-79)17-123-71-40(84-22(4)100)53(113)63(31(13-93)130-71)137-72-38(82-20(2)98)50(110)44(104)26(8-88)126-72/h26-80,88-96,104-122H,8-18H2,1-7H3,(H,81,97)(H,82,98)(H,83,99)(H,84,100)(H,85,101)(H,86,102)(H,87,103)/t26-,27-,28-,29-,30-,31-,32-,33-,34-,35-,36-,37-,38-,39-,40-,41-,42-,43-,44+,45+,46+,47-,48-,49-,50-,51-,52-,53+,54-,55-,56-,57+,58+,59+,60-,61+,62-,63-,64-,65-,66-,67+,68+,69+,70?,71-,72+,73+,74+,75+,76+,77+,78+,79+,80-/m1/s1. The van der Waals surface area contributed by atoms with E-state index < -0.39 is 451 Å². The Morgan fingerprint density at radius 1 is 0.182 bits per heavy atom. The summed E-state index contributed by atoms with van der Waals surface area (Å²) < 4.78 is 127. The van der Waals surface area contributed by atoms with Gasteiger partial charge < -0.3 is 280 Å². The minimum Gasteiger partial charge on any atom is -0.394 e. The van der Waals surface area contributed by atoms with Gasteiger partial charge in [-0.15, -0.1) is 0 Å². The zero-order valence-corrected chi connectivity index (χ0v) is 77.5. The summed E-state index contributed by atoms with van der Waals surface area (Å²) >= 11 is 0. The lowest BCUT2D eigenvalue weighted by molar-refractivity contribution is -0.398. The van der Waals surface area contributed by atoms with Gasteiger partial charge in [-0.25, -0.2) is 0 Å². The highest BCUT2D eigenvalue weighted by Gasteiger charge is 2.63. The van der Waals surface area contributed by atoms with E-state index in [1.165, 1.54) is 0 Å². The van der Waals surface area contributed by atoms with Crippen LogP contribution in [0.2, 0.25) is 0 Å². The molecule has 7 amide bonds. The van der Waals surface area contributed by atoms with Crippen molar-refractivity contribution >= 4 is 41.4 Å². The van der Waals surface area contributed by atoms with E-state index in [9.17, 15) is 177 Å². The van der Waals surface area contributed by atoms with Gasteiger partial charge in [-0.2, -0.15) is 0 Å². The van der Waals surface area contributed by atoms with Gasteiger partial charge in [0.1, 0.15) is 268 Å². The van der Waals surface area contributed by atoms with Gasteiger partial charge in [-0.1, -0.05) is 0 Å². The molecule has 11 aliphatic rings. The number of amides is 7. The normalized spacial score (nSPS) is 47.3. The van der Waals surface area contributed by atoms with E-state index in [0.717, 1.165) is 48.5 Å². The lowest BCUT2D eigenvalue weighted by Crippen LogP contribution is -2.71. The topological polar surface area (TPSA) is 964 Å². The Morgan fingerprint density at radius 2 is 0.392 bits per heavy atom. The van der Waals surface area contributed by atoms with Gasteiger partial charge in [-0.3, -0.25) is 33.6 Å². The Kier molecular flexibility index (Phi) is 42.7. The molecule has 63 nitrogen and oxygen atoms in total. The number of carbonyl (C=O) groups is 7. The molecular weight excluding hydrogens is 1950 g/mol. The lowest BCUT2D eigenvalue weighted by atomic mass is 9.93. The molecule has 11 aliphatic heterocycles. The second-order valence-electron chi connectivity index (χ2n) is 36.0. The number of rotatable bonds is 38. The molecule has 0 aliphatic carbocycles. The van der Waals surface area contributed by atoms with Crippen molar-refractivity contribution in [3.63, 3.8) is 0 Å². The van der Waals surface area contributed by atoms with Crippen molar-refractivity contribution < 1.29 is 276 Å². The molecule has 11 rings (SSSR count). The van der Waals surface area contributed by atoms with Crippen LogP contribution in [-0.4, -0.2) is 594 Å². The highest BCUT2D eigenvalue weighted by Crippen LogP contribution is 2.42. The number of aliphatic hydroxyl groups excluding tert-OH is 28. The van der Waals surface area contributed by atoms with Crippen molar-refractivity contribution in [2.24, 2.45) is 0 Å². The summed E-state index contributed by atoms with van der Waals surface area (Å²) in [7, 11) is 0. The first-order valence-corrected chi connectivity index (χ1v) is 45.6. The van der Waals surface area contributed by atoms with Crippen LogP contribution in [0.5, 0.6) is 0 Å². The summed E-state index contributed by atoms with van der Waals surface area (Å²) in [6, 6.07) is -13.1. The van der Waals surface area contributed by atoms with Crippen LogP contribution in [0.15, 0.2) is 0 Å². The zero-order chi connectivity index (χ0) is 105. The second-order valence-corrected chi connectivity index (χ2v) is 36.0. The van der Waals surface area contributed by atoms with E-state index in [4.69, 9.17) is 99.5 Å². The molecule has 11 heterocycles. The molecule has 63 heteroatoms. The molecule has 55 atom stereocenters. The molecule has 0 radical (unpaired) electrons. The van der Waals surface area contributed by atoms with Gasteiger partial charge in [-0.05, 0) is 0 Å². The summed E-state index contributed by atoms with van der Waals surface area (Å²) in [6.45, 7) is -6.08. The van der Waals surface area contributed by atoms with E-state index in [2.05, 4.69) is 37.2 Å². The molecule has 0 aromatic rings. The molecule has 824 valence electrons. The SMILES string of the molecule is CC(=O)N[C@H]1[C@H](O[C@H]2[C@H](O)[C@@H](NC(C)=O)C(O)O[C@@H]2CO)O[C@H](CO)[C@@H](O[C@@H]2O[C@H](CO[C@H]3O[C@H](CO[C@@H]4O[C@H](CO)[C@@H](O[C@@H]5O[C@H](CO)[C@H](O)[C@H](O)[C@H]5NC(C)=O)[C@@H](O)[C@H]4NC(C)=O)[C@@H](O)[C@H](O)[C@@H]3O[C@@H]3O[C@H](CO)[C@@H](O[C@@H]4O[C@H](CO)[C@H](O)[C@H](O)[C@H]4O)[C@H](O)[C@H]3NC(C)=O)[C@@H](O)[C@H](O[C@H]3O[C@H](CO)[C@@H](O)[C@H](O)[C@@H]3O[C@@H]3O[C@H](CO)[C@@H](O[C@@H]4O[C@H](CO)[C@H](O)[C@H](O)[C@H]4NC(C)=O)[C@H](O)[C@H]3NC(C)=O)[C@@H]2O)[C@@H]1O. The minimum absolute atomic E-state index is 0.825. The first kappa shape index (κ1) is 118. The molecule has 0 aromatic carbocycles. The van der Waals surface area contributed by atoms with Crippen molar-refractivity contribution in [3.8, 4) is 0 Å². The second kappa shape index (κ2) is 51.9. The Bertz CT molecular complexity index is 4050. The number of hydrogen-bond donors (Lipinski definition) is 35. The van der Waals surface area contributed by atoms with Crippen LogP contribution in [0.25, 0.3) is 0 Å². The summed E-state index contributed by atoms with van der Waals surface area (Å²) in [5.74, 6) is -6.49. The van der Waals surface area contributed by atoms with Crippen molar-refractivity contribution in [2.45, 2.75) is 386 Å². The third kappa shape index (κ3) is 26.9. The number of aliphatic hydroxyl groups is 28. The average Bonchev–Trinajstić information content (AvgIpc) is 0.764. The van der Waals surface area contributed by atoms with Gasteiger partial charge in [0.25, 0.3) is 0 Å². The molecule has 11 fully saturated rings. The summed E-state index contributed by atoms with van der Waals surface area (Å²) in [5.41, 5.74) is 0. The van der Waals surface area contributed by atoms with Crippen molar-refractivity contribution in [1.82, 2.24) is 37.2 Å². The fourth-order valence-corrected chi connectivity index (χ4v) is 18.5. The molecule has 0 aromatic heterocycles. The molecule has 0 saturated carbocycles. The van der Waals surface area contributed by atoms with Crippen LogP contribution in [0, 0.1) is 0 Å². The predicted octanol–water partition coefficient (Wildman–Crippen LogP) is -24.0. The number of ether oxygens (including phenoxy) is 21. The average molecular weight is 2090 g/mol. The molecule has 11 saturated heterocycles. The lowest BCUT2D eigenvalue weighted by Gasteiger charge is -2.51. The molecular formula is C80H133N7O56. The van der Waals surface area contributed by atoms with Crippen LogP contribution in [-0.2, 0) is 133 Å². The monoisotopic (exact) mass is 2090 g/mol. The molecule has 0 spiro atoms. The van der Waals surface area contributed by atoms with Crippen LogP contribution in [0.1, 0.15) is 48.5 Å². The quantitative estimate of drug-likeness (QED) is 0.0273. The summed E-state index contributed by atoms with van der Waals surface area (Å²) in [5, 5.41) is 335. The third-order valence-electron chi connectivity index (χ3n) is 25.8. The fourth-order valence-electron chi connectivity index (χ4n) is 18.5. The number of nitrogens with one attached hydrogen (secondary N) is 7. The largest absolute Gasteiger partial charge is 0.394 e. The highest BCUT2D eigenvalue weighted by atomic mass is 16.8. The Hall–Kier alpha value is -5.67. The maximum Gasteiger partial charge on any atom is 0.217 e. The maximum absolute atomic E-state index is 13.3. The van der Waals surface area contributed by atoms with E-state index in [-0.39, 0.29) is 0 Å². The van der Waals surface area contributed by atoms with E-state index in [0.29, 0.717) is 0 Å². The van der Waals surface area contributed by atoms with E-state index in [1.54, 1.807) is 0 Å². The van der Waals surface area contributed by atoms with Crippen LogP contribution >= 0.6 is 0 Å². The van der Waals surface area contributed by atoms with Crippen molar-refractivity contribution in [3.05, 3.63) is 0 Å². The maximum atomic E-state index is 13.3. The third-order valence-corrected chi connectivity index (χ3v) is 25.8. The zero-order valence-electron chi connectivity index (χ0n) is 77.5. The summed E-state index contributed by atoms with van der Waals surface area (Å²) in [4.78, 5) is 90.1. The van der Waals surface area contributed by atoms with Gasteiger partial charge in [0, 0.05) is 48.5 Å².